The lowest BCUT2D eigenvalue weighted by molar-refractivity contribution is 0.628. The number of halogens is 1. The van der Waals surface area contributed by atoms with Crippen molar-refractivity contribution in [1.82, 2.24) is 10.2 Å². The third-order valence-electron chi connectivity index (χ3n) is 2.06. The molecule has 0 fully saturated rings. The van der Waals surface area contributed by atoms with Gasteiger partial charge in [-0.25, -0.2) is 4.39 Å². The van der Waals surface area contributed by atoms with Gasteiger partial charge in [0.05, 0.1) is 11.9 Å². The molecule has 2 rings (SSSR count). The Balaban J connectivity index is 2.49. The van der Waals surface area contributed by atoms with Gasteiger partial charge in [-0.2, -0.15) is 5.10 Å². The second kappa shape index (κ2) is 3.59. The van der Waals surface area contributed by atoms with Crippen LogP contribution < -0.4 is 5.73 Å². The van der Waals surface area contributed by atoms with E-state index in [9.17, 15) is 4.39 Å². The van der Waals surface area contributed by atoms with Gasteiger partial charge in [0.15, 0.2) is 0 Å². The average molecular weight is 191 g/mol. The molecule has 1 aromatic carbocycles. The molecule has 72 valence electrons. The number of nitrogens with one attached hydrogen (secondary N) is 1. The molecule has 4 heteroatoms. The van der Waals surface area contributed by atoms with E-state index in [1.165, 1.54) is 12.1 Å². The van der Waals surface area contributed by atoms with Crippen LogP contribution in [0.1, 0.15) is 5.69 Å². The second-order valence-corrected chi connectivity index (χ2v) is 2.98. The maximum atomic E-state index is 12.9. The number of aromatic amines is 1. The van der Waals surface area contributed by atoms with Crippen LogP contribution >= 0.6 is 0 Å². The van der Waals surface area contributed by atoms with Crippen molar-refractivity contribution < 1.29 is 4.39 Å². The molecule has 0 bridgehead atoms. The van der Waals surface area contributed by atoms with Crippen LogP contribution in [-0.4, -0.2) is 10.2 Å². The van der Waals surface area contributed by atoms with Crippen molar-refractivity contribution in [3.8, 4) is 11.1 Å². The van der Waals surface area contributed by atoms with Gasteiger partial charge in [-0.05, 0) is 17.7 Å². The minimum atomic E-state index is -0.258. The molecule has 0 aliphatic rings. The number of hydrogen-bond acceptors (Lipinski definition) is 2. The summed E-state index contributed by atoms with van der Waals surface area (Å²) in [6.07, 6.45) is 1.65. The largest absolute Gasteiger partial charge is 0.325 e. The Kier molecular flexibility index (Phi) is 2.28. The average Bonchev–Trinajstić information content (AvgIpc) is 2.65. The van der Waals surface area contributed by atoms with Crippen molar-refractivity contribution in [1.29, 1.82) is 0 Å². The summed E-state index contributed by atoms with van der Waals surface area (Å²) in [5, 5.41) is 6.65. The number of benzene rings is 1. The summed E-state index contributed by atoms with van der Waals surface area (Å²) in [5.74, 6) is -0.258. The maximum Gasteiger partial charge on any atom is 0.123 e. The van der Waals surface area contributed by atoms with Gasteiger partial charge in [-0.15, -0.1) is 0 Å². The van der Waals surface area contributed by atoms with E-state index in [0.717, 1.165) is 16.8 Å². The first-order chi connectivity index (χ1) is 6.81. The summed E-state index contributed by atoms with van der Waals surface area (Å²) in [6, 6.07) is 6.36. The minimum Gasteiger partial charge on any atom is -0.325 e. The summed E-state index contributed by atoms with van der Waals surface area (Å²) in [6.45, 7) is 0.367. The lowest BCUT2D eigenvalue weighted by Crippen LogP contribution is -1.98. The molecule has 14 heavy (non-hydrogen) atoms. The van der Waals surface area contributed by atoms with Crippen LogP contribution in [0.2, 0.25) is 0 Å². The Bertz CT molecular complexity index is 436. The minimum absolute atomic E-state index is 0.258. The smallest absolute Gasteiger partial charge is 0.123 e. The van der Waals surface area contributed by atoms with E-state index >= 15 is 0 Å². The molecule has 0 atom stereocenters. The highest BCUT2D eigenvalue weighted by molar-refractivity contribution is 5.64. The van der Waals surface area contributed by atoms with Crippen molar-refractivity contribution in [2.24, 2.45) is 5.73 Å². The van der Waals surface area contributed by atoms with Crippen LogP contribution in [0.5, 0.6) is 0 Å². The first-order valence-electron chi connectivity index (χ1n) is 4.29. The topological polar surface area (TPSA) is 54.7 Å². The summed E-state index contributed by atoms with van der Waals surface area (Å²) >= 11 is 0. The number of aromatic nitrogens is 2. The monoisotopic (exact) mass is 191 g/mol. The Morgan fingerprint density at radius 2 is 2.29 bits per heavy atom. The third-order valence-corrected chi connectivity index (χ3v) is 2.06. The van der Waals surface area contributed by atoms with Crippen LogP contribution in [0.15, 0.2) is 30.5 Å². The van der Waals surface area contributed by atoms with Gasteiger partial charge in [0.25, 0.3) is 0 Å². The molecular formula is C10H10FN3. The zero-order valence-electron chi connectivity index (χ0n) is 7.50. The summed E-state index contributed by atoms with van der Waals surface area (Å²) in [4.78, 5) is 0. The van der Waals surface area contributed by atoms with Gasteiger partial charge >= 0.3 is 0 Å². The van der Waals surface area contributed by atoms with Crippen molar-refractivity contribution in [2.75, 3.05) is 0 Å². The molecule has 3 N–H and O–H groups in total. The molecule has 1 aromatic heterocycles. The van der Waals surface area contributed by atoms with Crippen LogP contribution in [0.25, 0.3) is 11.1 Å². The quantitative estimate of drug-likeness (QED) is 0.758. The molecule has 0 saturated carbocycles. The first-order valence-corrected chi connectivity index (χ1v) is 4.29. The molecule has 0 aliphatic heterocycles. The molecule has 0 spiro atoms. The standard InChI is InChI=1S/C10H10FN3/c11-8-3-1-2-7(4-8)9-6-13-14-10(9)5-12/h1-4,6H,5,12H2,(H,13,14). The second-order valence-electron chi connectivity index (χ2n) is 2.98. The molecule has 0 radical (unpaired) electrons. The Hall–Kier alpha value is -1.68. The molecule has 2 aromatic rings. The molecule has 0 aliphatic carbocycles. The van der Waals surface area contributed by atoms with E-state index in [2.05, 4.69) is 10.2 Å². The Morgan fingerprint density at radius 1 is 1.43 bits per heavy atom. The predicted octanol–water partition coefficient (Wildman–Crippen LogP) is 1.67. The van der Waals surface area contributed by atoms with Gasteiger partial charge < -0.3 is 5.73 Å². The summed E-state index contributed by atoms with van der Waals surface area (Å²) in [5.41, 5.74) is 7.97. The molecular weight excluding hydrogens is 181 g/mol. The molecule has 1 heterocycles. The SMILES string of the molecule is NCc1[nH]ncc1-c1cccc(F)c1. The normalized spacial score (nSPS) is 10.4. The van der Waals surface area contributed by atoms with Crippen molar-refractivity contribution in [3.63, 3.8) is 0 Å². The fourth-order valence-corrected chi connectivity index (χ4v) is 1.37. The number of nitrogens with zero attached hydrogens (tertiary/aromatic N) is 1. The zero-order valence-corrected chi connectivity index (χ0v) is 7.50. The van der Waals surface area contributed by atoms with Crippen LogP contribution in [0.3, 0.4) is 0 Å². The van der Waals surface area contributed by atoms with Gasteiger partial charge in [-0.1, -0.05) is 12.1 Å². The predicted molar refractivity (Wildman–Crippen MR) is 51.9 cm³/mol. The van der Waals surface area contributed by atoms with Crippen LogP contribution in [0.4, 0.5) is 4.39 Å². The Morgan fingerprint density at radius 3 is 3.00 bits per heavy atom. The van der Waals surface area contributed by atoms with Crippen LogP contribution in [-0.2, 0) is 6.54 Å². The number of H-pyrrole nitrogens is 1. The molecule has 0 amide bonds. The molecule has 0 saturated heterocycles. The van der Waals surface area contributed by atoms with Gasteiger partial charge in [0, 0.05) is 12.1 Å². The highest BCUT2D eigenvalue weighted by Gasteiger charge is 2.06. The first kappa shape index (κ1) is 8.90. The van der Waals surface area contributed by atoms with E-state index in [1.807, 2.05) is 6.07 Å². The van der Waals surface area contributed by atoms with E-state index in [4.69, 9.17) is 5.73 Å². The van der Waals surface area contributed by atoms with Gasteiger partial charge in [0.2, 0.25) is 0 Å². The molecule has 3 nitrogen and oxygen atoms in total. The van der Waals surface area contributed by atoms with Crippen molar-refractivity contribution in [3.05, 3.63) is 42.0 Å². The van der Waals surface area contributed by atoms with Crippen molar-refractivity contribution in [2.45, 2.75) is 6.54 Å². The fourth-order valence-electron chi connectivity index (χ4n) is 1.37. The van der Waals surface area contributed by atoms with E-state index in [0.29, 0.717) is 6.54 Å². The zero-order chi connectivity index (χ0) is 9.97. The van der Waals surface area contributed by atoms with Crippen LogP contribution in [0, 0.1) is 5.82 Å². The van der Waals surface area contributed by atoms with Gasteiger partial charge in [-0.3, -0.25) is 5.10 Å². The van der Waals surface area contributed by atoms with Crippen molar-refractivity contribution >= 4 is 0 Å². The third kappa shape index (κ3) is 1.52. The lowest BCUT2D eigenvalue weighted by Gasteiger charge is -2.00. The lowest BCUT2D eigenvalue weighted by atomic mass is 10.1. The van der Waals surface area contributed by atoms with Gasteiger partial charge in [0.1, 0.15) is 5.82 Å². The fraction of sp³-hybridized carbons (Fsp3) is 0.100. The summed E-state index contributed by atoms with van der Waals surface area (Å²) in [7, 11) is 0. The van der Waals surface area contributed by atoms with E-state index < -0.39 is 0 Å². The number of nitrogens with two attached hydrogens (primary N) is 1. The maximum absolute atomic E-state index is 12.9. The summed E-state index contributed by atoms with van der Waals surface area (Å²) < 4.78 is 12.9. The van der Waals surface area contributed by atoms with E-state index in [-0.39, 0.29) is 5.82 Å². The highest BCUT2D eigenvalue weighted by Crippen LogP contribution is 2.21. The Labute approximate surface area is 80.8 Å². The van der Waals surface area contributed by atoms with E-state index in [1.54, 1.807) is 12.3 Å². The molecule has 0 unspecified atom stereocenters. The number of hydrogen-bond donors (Lipinski definition) is 2. The number of rotatable bonds is 2. The highest BCUT2D eigenvalue weighted by atomic mass is 19.1.